The van der Waals surface area contributed by atoms with Crippen molar-refractivity contribution in [2.45, 2.75) is 31.9 Å². The van der Waals surface area contributed by atoms with Crippen LogP contribution in [0.2, 0.25) is 0 Å². The van der Waals surface area contributed by atoms with Crippen molar-refractivity contribution in [3.05, 3.63) is 100 Å². The molecule has 0 radical (unpaired) electrons. The van der Waals surface area contributed by atoms with Gasteiger partial charge in [0, 0.05) is 11.3 Å². The second kappa shape index (κ2) is 8.64. The molecule has 0 aliphatic rings. The molecule has 0 saturated carbocycles. The highest BCUT2D eigenvalue weighted by molar-refractivity contribution is 5.47. The Morgan fingerprint density at radius 3 is 2.14 bits per heavy atom. The molecule has 0 aliphatic heterocycles. The number of anilines is 1. The summed E-state index contributed by atoms with van der Waals surface area (Å²) in [5.41, 5.74) is 6.60. The SMILES string of the molecule is Nc1ccccc1CCc1ccc(C(F)(F)F)c(CCc2cccc(F)c2)c1F. The third-order valence-corrected chi connectivity index (χ3v) is 4.90. The Bertz CT molecular complexity index is 995. The quantitative estimate of drug-likeness (QED) is 0.387. The number of benzene rings is 3. The third kappa shape index (κ3) is 5.13. The zero-order valence-corrected chi connectivity index (χ0v) is 15.6. The Balaban J connectivity index is 1.87. The predicted molar refractivity (Wildman–Crippen MR) is 103 cm³/mol. The maximum atomic E-state index is 15.0. The van der Waals surface area contributed by atoms with Crippen LogP contribution in [0.1, 0.15) is 27.8 Å². The van der Waals surface area contributed by atoms with Crippen LogP contribution in [0.5, 0.6) is 0 Å². The lowest BCUT2D eigenvalue weighted by atomic mass is 9.94. The summed E-state index contributed by atoms with van der Waals surface area (Å²) in [4.78, 5) is 0. The van der Waals surface area contributed by atoms with Crippen LogP contribution < -0.4 is 5.73 Å². The van der Waals surface area contributed by atoms with Crippen molar-refractivity contribution in [3.8, 4) is 0 Å². The Morgan fingerprint density at radius 1 is 0.724 bits per heavy atom. The van der Waals surface area contributed by atoms with Crippen molar-refractivity contribution in [3.63, 3.8) is 0 Å². The second-order valence-electron chi connectivity index (χ2n) is 6.89. The molecule has 3 aromatic carbocycles. The van der Waals surface area contributed by atoms with Gasteiger partial charge in [0.25, 0.3) is 0 Å². The van der Waals surface area contributed by atoms with Crippen LogP contribution in [0.3, 0.4) is 0 Å². The molecule has 29 heavy (non-hydrogen) atoms. The van der Waals surface area contributed by atoms with Crippen LogP contribution in [0.25, 0.3) is 0 Å². The van der Waals surface area contributed by atoms with Crippen LogP contribution in [-0.2, 0) is 31.9 Å². The van der Waals surface area contributed by atoms with Crippen molar-refractivity contribution >= 4 is 5.69 Å². The van der Waals surface area contributed by atoms with Crippen LogP contribution in [0.4, 0.5) is 27.6 Å². The fourth-order valence-corrected chi connectivity index (χ4v) is 3.37. The number of hydrogen-bond donors (Lipinski definition) is 1. The summed E-state index contributed by atoms with van der Waals surface area (Å²) in [6, 6.07) is 14.8. The minimum atomic E-state index is -4.67. The van der Waals surface area contributed by atoms with Gasteiger partial charge in [-0.3, -0.25) is 0 Å². The molecule has 0 aromatic heterocycles. The molecule has 2 N–H and O–H groups in total. The number of nitrogens with two attached hydrogens (primary N) is 1. The summed E-state index contributed by atoms with van der Waals surface area (Å²) < 4.78 is 68.6. The highest BCUT2D eigenvalue weighted by Gasteiger charge is 2.35. The Morgan fingerprint density at radius 2 is 1.45 bits per heavy atom. The average molecular weight is 405 g/mol. The average Bonchev–Trinajstić information content (AvgIpc) is 2.66. The molecular formula is C23H20F5N. The van der Waals surface area contributed by atoms with Crippen LogP contribution in [0.15, 0.2) is 60.7 Å². The standard InChI is InChI=1S/C23H20F5N/c24-18-6-3-4-15(14-18)8-12-19-20(23(26,27)28)13-11-17(22(19)25)10-9-16-5-1-2-7-21(16)29/h1-7,11,13-14H,8-10,12,29H2. The van der Waals surface area contributed by atoms with Gasteiger partial charge in [-0.25, -0.2) is 8.78 Å². The number of nitrogen functional groups attached to an aromatic ring is 1. The summed E-state index contributed by atoms with van der Waals surface area (Å²) in [5, 5.41) is 0. The van der Waals surface area contributed by atoms with Gasteiger partial charge >= 0.3 is 6.18 Å². The van der Waals surface area contributed by atoms with Gasteiger partial charge in [0.1, 0.15) is 11.6 Å². The molecule has 0 unspecified atom stereocenters. The first kappa shape index (κ1) is 20.8. The van der Waals surface area contributed by atoms with Gasteiger partial charge in [0.05, 0.1) is 5.56 Å². The molecule has 0 aliphatic carbocycles. The molecule has 6 heteroatoms. The van der Waals surface area contributed by atoms with Gasteiger partial charge in [-0.1, -0.05) is 36.4 Å². The zero-order valence-electron chi connectivity index (χ0n) is 15.6. The molecule has 3 aromatic rings. The maximum absolute atomic E-state index is 15.0. The molecular weight excluding hydrogens is 385 g/mol. The monoisotopic (exact) mass is 405 g/mol. The molecule has 152 valence electrons. The smallest absolute Gasteiger partial charge is 0.399 e. The lowest BCUT2D eigenvalue weighted by molar-refractivity contribution is -0.138. The first-order valence-corrected chi connectivity index (χ1v) is 9.21. The lowest BCUT2D eigenvalue weighted by Gasteiger charge is -2.17. The van der Waals surface area contributed by atoms with Crippen molar-refractivity contribution in [2.24, 2.45) is 0 Å². The Labute approximate surface area is 166 Å². The first-order chi connectivity index (χ1) is 13.8. The van der Waals surface area contributed by atoms with Gasteiger partial charge in [-0.05, 0) is 66.6 Å². The van der Waals surface area contributed by atoms with E-state index in [4.69, 9.17) is 5.73 Å². The number of aryl methyl sites for hydroxylation is 3. The first-order valence-electron chi connectivity index (χ1n) is 9.21. The summed E-state index contributed by atoms with van der Waals surface area (Å²) >= 11 is 0. The summed E-state index contributed by atoms with van der Waals surface area (Å²) in [7, 11) is 0. The molecule has 0 amide bonds. The fourth-order valence-electron chi connectivity index (χ4n) is 3.37. The minimum Gasteiger partial charge on any atom is -0.399 e. The summed E-state index contributed by atoms with van der Waals surface area (Å²) in [5.74, 6) is -1.33. The van der Waals surface area contributed by atoms with Crippen LogP contribution >= 0.6 is 0 Å². The van der Waals surface area contributed by atoms with Crippen LogP contribution in [0, 0.1) is 11.6 Å². The van der Waals surface area contributed by atoms with E-state index in [1.807, 2.05) is 6.07 Å². The van der Waals surface area contributed by atoms with E-state index in [1.165, 1.54) is 24.3 Å². The van der Waals surface area contributed by atoms with Gasteiger partial charge in [-0.2, -0.15) is 13.2 Å². The highest BCUT2D eigenvalue weighted by atomic mass is 19.4. The van der Waals surface area contributed by atoms with Crippen molar-refractivity contribution in [2.75, 3.05) is 5.73 Å². The molecule has 0 fully saturated rings. The second-order valence-corrected chi connectivity index (χ2v) is 6.89. The van der Waals surface area contributed by atoms with Crippen molar-refractivity contribution in [1.29, 1.82) is 0 Å². The number of alkyl halides is 3. The number of rotatable bonds is 6. The van der Waals surface area contributed by atoms with E-state index < -0.39 is 23.4 Å². The third-order valence-electron chi connectivity index (χ3n) is 4.90. The van der Waals surface area contributed by atoms with E-state index in [9.17, 15) is 17.6 Å². The van der Waals surface area contributed by atoms with Gasteiger partial charge in [0.15, 0.2) is 0 Å². The largest absolute Gasteiger partial charge is 0.416 e. The Kier molecular flexibility index (Phi) is 6.20. The normalized spacial score (nSPS) is 11.6. The fraction of sp³-hybridized carbons (Fsp3) is 0.217. The van der Waals surface area contributed by atoms with Gasteiger partial charge in [-0.15, -0.1) is 0 Å². The number of hydrogen-bond acceptors (Lipinski definition) is 1. The number of para-hydroxylation sites is 1. The number of halogens is 5. The minimum absolute atomic E-state index is 0.104. The lowest BCUT2D eigenvalue weighted by Crippen LogP contribution is -2.13. The van der Waals surface area contributed by atoms with Crippen molar-refractivity contribution in [1.82, 2.24) is 0 Å². The molecule has 0 atom stereocenters. The van der Waals surface area contributed by atoms with E-state index in [0.29, 0.717) is 17.7 Å². The van der Waals surface area contributed by atoms with E-state index in [1.54, 1.807) is 24.3 Å². The maximum Gasteiger partial charge on any atom is 0.416 e. The topological polar surface area (TPSA) is 26.0 Å². The molecule has 1 nitrogen and oxygen atoms in total. The molecule has 0 heterocycles. The Hall–Kier alpha value is -2.89. The molecule has 0 bridgehead atoms. The van der Waals surface area contributed by atoms with Gasteiger partial charge in [0.2, 0.25) is 0 Å². The van der Waals surface area contributed by atoms with E-state index >= 15 is 4.39 Å². The zero-order chi connectivity index (χ0) is 21.0. The molecule has 0 saturated heterocycles. The predicted octanol–water partition coefficient (Wildman–Crippen LogP) is 6.14. The summed E-state index contributed by atoms with van der Waals surface area (Å²) in [6.45, 7) is 0. The summed E-state index contributed by atoms with van der Waals surface area (Å²) in [6.07, 6.45) is -4.10. The molecule has 3 rings (SSSR count). The highest BCUT2D eigenvalue weighted by Crippen LogP contribution is 2.35. The molecule has 0 spiro atoms. The van der Waals surface area contributed by atoms with E-state index in [2.05, 4.69) is 0 Å². The van der Waals surface area contributed by atoms with Crippen molar-refractivity contribution < 1.29 is 22.0 Å². The van der Waals surface area contributed by atoms with Gasteiger partial charge < -0.3 is 5.73 Å². The van der Waals surface area contributed by atoms with Crippen LogP contribution in [-0.4, -0.2) is 0 Å². The van der Waals surface area contributed by atoms with E-state index in [0.717, 1.165) is 11.6 Å². The van der Waals surface area contributed by atoms with E-state index in [-0.39, 0.29) is 30.4 Å².